The predicted octanol–water partition coefficient (Wildman–Crippen LogP) is 5.33. The zero-order chi connectivity index (χ0) is 30.9. The summed E-state index contributed by atoms with van der Waals surface area (Å²) >= 11 is 0. The van der Waals surface area contributed by atoms with E-state index in [1.54, 1.807) is 30.1 Å². The number of pyridine rings is 2. The average molecular weight is 604 g/mol. The van der Waals surface area contributed by atoms with E-state index in [-0.39, 0.29) is 45.0 Å². The molecule has 10 nitrogen and oxygen atoms in total. The molecule has 0 saturated heterocycles. The SMILES string of the molecule is Cc1cc(CC(=O)Nc2cnn(C(C)(C)C)c2)cc(F)c1Oc1ccnc2ccc(S(=O)(=O)c3cccc(CO)n3)cc12. The molecule has 0 aliphatic heterocycles. The molecular weight excluding hydrogens is 573 g/mol. The first kappa shape index (κ1) is 29.8. The first-order valence-electron chi connectivity index (χ1n) is 13.4. The number of aliphatic hydroxyl groups excluding tert-OH is 1. The van der Waals surface area contributed by atoms with Gasteiger partial charge in [0.2, 0.25) is 15.7 Å². The van der Waals surface area contributed by atoms with Gasteiger partial charge in [0.1, 0.15) is 5.75 Å². The number of rotatable bonds is 8. The maximum Gasteiger partial charge on any atom is 0.228 e. The molecular formula is C31H30FN5O5S. The number of ether oxygens (including phenoxy) is 1. The largest absolute Gasteiger partial charge is 0.453 e. The van der Waals surface area contributed by atoms with Crippen LogP contribution >= 0.6 is 0 Å². The molecule has 0 spiro atoms. The molecule has 0 saturated carbocycles. The molecule has 2 aromatic carbocycles. The summed E-state index contributed by atoms with van der Waals surface area (Å²) in [5.41, 5.74) is 1.86. The molecule has 0 unspecified atom stereocenters. The van der Waals surface area contributed by atoms with E-state index in [2.05, 4.69) is 20.4 Å². The van der Waals surface area contributed by atoms with Gasteiger partial charge in [-0.05, 0) is 81.3 Å². The summed E-state index contributed by atoms with van der Waals surface area (Å²) in [7, 11) is -4.04. The van der Waals surface area contributed by atoms with Crippen LogP contribution in [0.4, 0.5) is 10.1 Å². The number of halogens is 1. The normalized spacial score (nSPS) is 12.0. The number of aromatic nitrogens is 4. The van der Waals surface area contributed by atoms with Crippen LogP contribution in [0.1, 0.15) is 37.6 Å². The van der Waals surface area contributed by atoms with E-state index in [1.165, 1.54) is 54.7 Å². The summed E-state index contributed by atoms with van der Waals surface area (Å²) in [5, 5.41) is 16.6. The smallest absolute Gasteiger partial charge is 0.228 e. The van der Waals surface area contributed by atoms with Gasteiger partial charge in [-0.3, -0.25) is 14.5 Å². The van der Waals surface area contributed by atoms with Crippen molar-refractivity contribution in [2.45, 2.75) is 56.2 Å². The quantitative estimate of drug-likeness (QED) is 0.243. The molecule has 12 heteroatoms. The van der Waals surface area contributed by atoms with Gasteiger partial charge in [-0.1, -0.05) is 12.1 Å². The van der Waals surface area contributed by atoms with Gasteiger partial charge < -0.3 is 15.2 Å². The third-order valence-electron chi connectivity index (χ3n) is 6.62. The number of aryl methyl sites for hydroxylation is 1. The van der Waals surface area contributed by atoms with E-state index < -0.39 is 22.3 Å². The number of fused-ring (bicyclic) bond motifs is 1. The molecule has 222 valence electrons. The van der Waals surface area contributed by atoms with E-state index in [0.717, 1.165) is 0 Å². The van der Waals surface area contributed by atoms with E-state index >= 15 is 4.39 Å². The van der Waals surface area contributed by atoms with Gasteiger partial charge in [-0.25, -0.2) is 17.8 Å². The number of hydrogen-bond donors (Lipinski definition) is 2. The van der Waals surface area contributed by atoms with E-state index in [9.17, 15) is 18.3 Å². The number of anilines is 1. The molecule has 43 heavy (non-hydrogen) atoms. The van der Waals surface area contributed by atoms with E-state index in [1.807, 2.05) is 20.8 Å². The van der Waals surface area contributed by atoms with Crippen LogP contribution in [0.3, 0.4) is 0 Å². The first-order valence-corrected chi connectivity index (χ1v) is 14.9. The van der Waals surface area contributed by atoms with Crippen molar-refractivity contribution in [1.82, 2.24) is 19.7 Å². The third-order valence-corrected chi connectivity index (χ3v) is 8.27. The number of carbonyl (C=O) groups is 1. The Morgan fingerprint density at radius 2 is 1.91 bits per heavy atom. The number of nitrogens with zero attached hydrogens (tertiary/aromatic N) is 4. The van der Waals surface area contributed by atoms with Crippen molar-refractivity contribution >= 4 is 32.3 Å². The molecule has 0 radical (unpaired) electrons. The fraction of sp³-hybridized carbons (Fsp3) is 0.226. The number of benzene rings is 2. The molecule has 0 aliphatic carbocycles. The Kier molecular flexibility index (Phi) is 8.00. The van der Waals surface area contributed by atoms with Gasteiger partial charge in [0.25, 0.3) is 0 Å². The lowest BCUT2D eigenvalue weighted by molar-refractivity contribution is -0.115. The van der Waals surface area contributed by atoms with Gasteiger partial charge in [-0.2, -0.15) is 5.10 Å². The van der Waals surface area contributed by atoms with Crippen molar-refractivity contribution in [2.75, 3.05) is 5.32 Å². The fourth-order valence-corrected chi connectivity index (χ4v) is 5.72. The Labute approximate surface area is 248 Å². The molecule has 2 N–H and O–H groups in total. The van der Waals surface area contributed by atoms with E-state index in [0.29, 0.717) is 27.7 Å². The Bertz CT molecular complexity index is 1930. The van der Waals surface area contributed by atoms with E-state index in [4.69, 9.17) is 4.74 Å². The van der Waals surface area contributed by atoms with Crippen molar-refractivity contribution in [2.24, 2.45) is 0 Å². The highest BCUT2D eigenvalue weighted by atomic mass is 32.2. The summed E-state index contributed by atoms with van der Waals surface area (Å²) in [6, 6.07) is 13.1. The Morgan fingerprint density at radius 1 is 1.12 bits per heavy atom. The van der Waals surface area contributed by atoms with Crippen LogP contribution < -0.4 is 10.1 Å². The second kappa shape index (κ2) is 11.5. The van der Waals surface area contributed by atoms with Gasteiger partial charge in [0, 0.05) is 17.8 Å². The van der Waals surface area contributed by atoms with Crippen LogP contribution in [0.2, 0.25) is 0 Å². The molecule has 0 aliphatic rings. The zero-order valence-corrected chi connectivity index (χ0v) is 24.8. The van der Waals surface area contributed by atoms with Crippen molar-refractivity contribution < 1.29 is 27.4 Å². The number of hydrogen-bond acceptors (Lipinski definition) is 8. The Morgan fingerprint density at radius 3 is 2.60 bits per heavy atom. The molecule has 3 heterocycles. The van der Waals surface area contributed by atoms with Gasteiger partial charge in [0.05, 0.1) is 46.6 Å². The number of carbonyl (C=O) groups excluding carboxylic acids is 1. The Hall–Kier alpha value is -4.68. The minimum absolute atomic E-state index is 0.0614. The lowest BCUT2D eigenvalue weighted by Crippen LogP contribution is -2.22. The van der Waals surface area contributed by atoms with Crippen molar-refractivity contribution in [3.63, 3.8) is 0 Å². The van der Waals surface area contributed by atoms with Gasteiger partial charge in [0.15, 0.2) is 16.6 Å². The topological polar surface area (TPSA) is 136 Å². The summed E-state index contributed by atoms with van der Waals surface area (Å²) in [6.07, 6.45) is 4.71. The standard InChI is InChI=1S/C31H30FN5O5S/c1-19-12-20(14-28(39)35-22-16-34-37(17-22)31(2,3)4)13-25(32)30(19)42-27-10-11-33-26-9-8-23(15-24(26)27)43(40,41)29-7-5-6-21(18-38)36-29/h5-13,15-17,38H,14,18H2,1-4H3,(H,35,39). The highest BCUT2D eigenvalue weighted by Gasteiger charge is 2.22. The second-order valence-electron chi connectivity index (χ2n) is 11.0. The van der Waals surface area contributed by atoms with Crippen molar-refractivity contribution in [3.8, 4) is 11.5 Å². The predicted molar refractivity (Wildman–Crippen MR) is 158 cm³/mol. The first-order chi connectivity index (χ1) is 20.3. The zero-order valence-electron chi connectivity index (χ0n) is 24.0. The lowest BCUT2D eigenvalue weighted by atomic mass is 10.1. The molecule has 1 amide bonds. The summed E-state index contributed by atoms with van der Waals surface area (Å²) in [4.78, 5) is 20.9. The van der Waals surface area contributed by atoms with Crippen molar-refractivity contribution in [1.29, 1.82) is 0 Å². The number of aliphatic hydroxyl groups is 1. The summed E-state index contributed by atoms with van der Waals surface area (Å²) in [5.74, 6) is -0.868. The fourth-order valence-electron chi connectivity index (χ4n) is 4.46. The second-order valence-corrected chi connectivity index (χ2v) is 12.9. The summed E-state index contributed by atoms with van der Waals surface area (Å²) < 4.78 is 49.7. The number of sulfone groups is 1. The average Bonchev–Trinajstić information content (AvgIpc) is 3.44. The van der Waals surface area contributed by atoms with Crippen LogP contribution in [-0.4, -0.2) is 39.2 Å². The molecule has 5 rings (SSSR count). The van der Waals surface area contributed by atoms with Crippen LogP contribution in [-0.2, 0) is 33.2 Å². The molecule has 3 aromatic heterocycles. The van der Waals surface area contributed by atoms with Crippen LogP contribution in [0.5, 0.6) is 11.5 Å². The van der Waals surface area contributed by atoms with Gasteiger partial charge >= 0.3 is 0 Å². The highest BCUT2D eigenvalue weighted by molar-refractivity contribution is 7.91. The van der Waals surface area contributed by atoms with Crippen LogP contribution in [0.25, 0.3) is 10.9 Å². The third kappa shape index (κ3) is 6.40. The van der Waals surface area contributed by atoms with Crippen molar-refractivity contribution in [3.05, 3.63) is 95.8 Å². The van der Waals surface area contributed by atoms with Crippen LogP contribution in [0, 0.1) is 12.7 Å². The molecule has 0 fully saturated rings. The molecule has 0 atom stereocenters. The maximum atomic E-state index is 15.4. The molecule has 5 aromatic rings. The lowest BCUT2D eigenvalue weighted by Gasteiger charge is -2.18. The highest BCUT2D eigenvalue weighted by Crippen LogP contribution is 2.35. The molecule has 0 bridgehead atoms. The number of nitrogens with one attached hydrogen (secondary N) is 1. The maximum absolute atomic E-state index is 15.4. The number of amides is 1. The minimum atomic E-state index is -4.04. The van der Waals surface area contributed by atoms with Crippen LogP contribution in [0.15, 0.2) is 83.1 Å². The Balaban J connectivity index is 1.39. The summed E-state index contributed by atoms with van der Waals surface area (Å²) in [6.45, 7) is 7.24. The monoisotopic (exact) mass is 603 g/mol. The minimum Gasteiger partial charge on any atom is -0.453 e. The van der Waals surface area contributed by atoms with Gasteiger partial charge in [-0.15, -0.1) is 0 Å².